The fraction of sp³-hybridized carbons (Fsp3) is 0.379. The Labute approximate surface area is 205 Å². The van der Waals surface area contributed by atoms with Gasteiger partial charge in [-0.1, -0.05) is 95.0 Å². The lowest BCUT2D eigenvalue weighted by molar-refractivity contribution is 0.477. The van der Waals surface area contributed by atoms with Gasteiger partial charge in [0.15, 0.2) is 5.82 Å². The zero-order valence-electron chi connectivity index (χ0n) is 21.6. The van der Waals surface area contributed by atoms with Gasteiger partial charge in [-0.2, -0.15) is 5.10 Å². The van der Waals surface area contributed by atoms with Gasteiger partial charge in [-0.3, -0.25) is 0 Å². The van der Waals surface area contributed by atoms with Crippen molar-refractivity contribution in [2.24, 2.45) is 16.8 Å². The third kappa shape index (κ3) is 8.71. The summed E-state index contributed by atoms with van der Waals surface area (Å²) >= 11 is 0. The summed E-state index contributed by atoms with van der Waals surface area (Å²) < 4.78 is 15.1. The predicted molar refractivity (Wildman–Crippen MR) is 146 cm³/mol. The van der Waals surface area contributed by atoms with Crippen LogP contribution in [0.2, 0.25) is 0 Å². The Bertz CT molecular complexity index is 996. The van der Waals surface area contributed by atoms with Crippen molar-refractivity contribution in [3.63, 3.8) is 0 Å². The minimum Gasteiger partial charge on any atom is -0.333 e. The van der Waals surface area contributed by atoms with Crippen molar-refractivity contribution in [3.8, 4) is 11.3 Å². The number of allylic oxidation sites excluding steroid dienone is 1. The van der Waals surface area contributed by atoms with Crippen LogP contribution < -0.4 is 5.73 Å². The first-order chi connectivity index (χ1) is 16.4. The highest BCUT2D eigenvalue weighted by atomic mass is 19.1. The number of nitrogens with zero attached hydrogens (tertiary/aromatic N) is 3. The molecule has 2 aromatic carbocycles. The molecule has 1 unspecified atom stereocenters. The van der Waals surface area contributed by atoms with Gasteiger partial charge < -0.3 is 5.73 Å². The van der Waals surface area contributed by atoms with Gasteiger partial charge >= 0.3 is 0 Å². The van der Waals surface area contributed by atoms with E-state index < -0.39 is 0 Å². The summed E-state index contributed by atoms with van der Waals surface area (Å²) in [7, 11) is 1.50. The molecule has 0 amide bonds. The van der Waals surface area contributed by atoms with Gasteiger partial charge in [0.25, 0.3) is 0 Å². The molecule has 5 heteroatoms. The van der Waals surface area contributed by atoms with E-state index in [1.165, 1.54) is 37.9 Å². The van der Waals surface area contributed by atoms with Gasteiger partial charge in [-0.25, -0.2) is 14.1 Å². The van der Waals surface area contributed by atoms with Crippen LogP contribution in [0.5, 0.6) is 0 Å². The number of halogens is 1. The lowest BCUT2D eigenvalue weighted by Crippen LogP contribution is -1.95. The van der Waals surface area contributed by atoms with Crippen molar-refractivity contribution >= 4 is 12.8 Å². The summed E-state index contributed by atoms with van der Waals surface area (Å²) in [6, 6.07) is 14.8. The third-order valence-corrected chi connectivity index (χ3v) is 5.89. The van der Waals surface area contributed by atoms with Crippen molar-refractivity contribution in [3.05, 3.63) is 83.6 Å². The highest BCUT2D eigenvalue weighted by molar-refractivity contribution is 5.62. The SMILES string of the molecule is C=Nn1c(-c2ccc(C)cc2)cnc1/C=C\C(C)c1cccc(F)c1.CCC(CC)CC.CN. The largest absolute Gasteiger partial charge is 0.333 e. The molecule has 2 N–H and O–H groups in total. The van der Waals surface area contributed by atoms with Crippen LogP contribution in [-0.4, -0.2) is 23.4 Å². The molecule has 0 radical (unpaired) electrons. The zero-order valence-corrected chi connectivity index (χ0v) is 21.6. The first kappa shape index (κ1) is 29.0. The molecule has 0 bridgehead atoms. The fourth-order valence-electron chi connectivity index (χ4n) is 3.54. The highest BCUT2D eigenvalue weighted by Crippen LogP contribution is 2.23. The standard InChI is InChI=1S/C21H20FN3.C7H16.CH5N/c1-15-7-10-17(11-8-15)20-14-24-21(25(20)23-3)12-9-16(2)18-5-4-6-19(22)13-18;1-4-7(5-2)6-3;1-2/h4-14,16H,3H2,1-2H3;7H,4-6H2,1-3H3;2H2,1H3/b12-9-;;. The second kappa shape index (κ2) is 15.7. The molecule has 0 aliphatic heterocycles. The molecule has 1 heterocycles. The molecule has 1 atom stereocenters. The maximum atomic E-state index is 13.4. The summed E-state index contributed by atoms with van der Waals surface area (Å²) in [6.45, 7) is 14.5. The van der Waals surface area contributed by atoms with E-state index in [-0.39, 0.29) is 11.7 Å². The van der Waals surface area contributed by atoms with Crippen LogP contribution in [-0.2, 0) is 0 Å². The molecule has 0 spiro atoms. The van der Waals surface area contributed by atoms with Crippen LogP contribution in [0.4, 0.5) is 4.39 Å². The number of rotatable bonds is 8. The monoisotopic (exact) mass is 464 g/mol. The minimum atomic E-state index is -0.228. The molecular weight excluding hydrogens is 423 g/mol. The molecular formula is C29H41FN4. The summed E-state index contributed by atoms with van der Waals surface area (Å²) in [6.07, 6.45) is 9.72. The maximum absolute atomic E-state index is 13.4. The third-order valence-electron chi connectivity index (χ3n) is 5.89. The van der Waals surface area contributed by atoms with Crippen LogP contribution in [0.3, 0.4) is 0 Å². The normalized spacial score (nSPS) is 11.4. The molecule has 0 saturated heterocycles. The molecule has 0 aliphatic rings. The molecule has 0 saturated carbocycles. The van der Waals surface area contributed by atoms with Gasteiger partial charge in [-0.05, 0) is 49.6 Å². The molecule has 0 aliphatic carbocycles. The number of benzene rings is 2. The van der Waals surface area contributed by atoms with Gasteiger partial charge in [0.2, 0.25) is 0 Å². The zero-order chi connectivity index (χ0) is 25.5. The molecule has 1 aromatic heterocycles. The summed E-state index contributed by atoms with van der Waals surface area (Å²) in [5.41, 5.74) is 8.53. The number of hydrogen-bond donors (Lipinski definition) is 1. The average Bonchev–Trinajstić information content (AvgIpc) is 3.28. The van der Waals surface area contributed by atoms with Gasteiger partial charge in [0, 0.05) is 12.3 Å². The Morgan fingerprint density at radius 2 is 1.68 bits per heavy atom. The Morgan fingerprint density at radius 1 is 1.06 bits per heavy atom. The Kier molecular flexibility index (Phi) is 13.4. The number of hydrogen-bond acceptors (Lipinski definition) is 3. The summed E-state index contributed by atoms with van der Waals surface area (Å²) in [4.78, 5) is 4.44. The molecule has 0 fully saturated rings. The van der Waals surface area contributed by atoms with E-state index in [2.05, 4.69) is 62.4 Å². The van der Waals surface area contributed by atoms with Gasteiger partial charge in [0.05, 0.1) is 11.9 Å². The average molecular weight is 465 g/mol. The number of imidazole rings is 1. The lowest BCUT2D eigenvalue weighted by Gasteiger charge is -2.07. The van der Waals surface area contributed by atoms with Crippen molar-refractivity contribution in [2.75, 3.05) is 7.05 Å². The second-order valence-corrected chi connectivity index (χ2v) is 8.11. The first-order valence-electron chi connectivity index (χ1n) is 12.1. The molecule has 34 heavy (non-hydrogen) atoms. The minimum absolute atomic E-state index is 0.0634. The fourth-order valence-corrected chi connectivity index (χ4v) is 3.54. The number of nitrogens with two attached hydrogens (primary N) is 1. The van der Waals surface area contributed by atoms with E-state index in [0.717, 1.165) is 22.7 Å². The van der Waals surface area contributed by atoms with Crippen LogP contribution in [0.1, 0.15) is 69.8 Å². The molecule has 3 rings (SSSR count). The molecule has 184 valence electrons. The van der Waals surface area contributed by atoms with E-state index in [1.54, 1.807) is 23.0 Å². The van der Waals surface area contributed by atoms with Crippen molar-refractivity contribution in [2.45, 2.75) is 59.8 Å². The second-order valence-electron chi connectivity index (χ2n) is 8.11. The van der Waals surface area contributed by atoms with E-state index in [4.69, 9.17) is 0 Å². The maximum Gasteiger partial charge on any atom is 0.153 e. The Balaban J connectivity index is 0.000000553. The predicted octanol–water partition coefficient (Wildman–Crippen LogP) is 7.69. The van der Waals surface area contributed by atoms with Crippen LogP contribution >= 0.6 is 0 Å². The quantitative estimate of drug-likeness (QED) is 0.347. The number of aromatic nitrogens is 2. The summed E-state index contributed by atoms with van der Waals surface area (Å²) in [5, 5.41) is 4.09. The van der Waals surface area contributed by atoms with Crippen molar-refractivity contribution in [1.29, 1.82) is 0 Å². The van der Waals surface area contributed by atoms with Crippen LogP contribution in [0, 0.1) is 18.7 Å². The van der Waals surface area contributed by atoms with E-state index in [1.807, 2.05) is 37.3 Å². The van der Waals surface area contributed by atoms with Crippen molar-refractivity contribution < 1.29 is 4.39 Å². The Morgan fingerprint density at radius 3 is 2.18 bits per heavy atom. The Hall–Kier alpha value is -3.05. The summed E-state index contributed by atoms with van der Waals surface area (Å²) in [5.74, 6) is 1.51. The van der Waals surface area contributed by atoms with Gasteiger partial charge in [-0.15, -0.1) is 0 Å². The van der Waals surface area contributed by atoms with E-state index >= 15 is 0 Å². The van der Waals surface area contributed by atoms with E-state index in [0.29, 0.717) is 5.82 Å². The molecule has 3 aromatic rings. The van der Waals surface area contributed by atoms with Gasteiger partial charge in [0.1, 0.15) is 5.82 Å². The smallest absolute Gasteiger partial charge is 0.153 e. The molecule has 4 nitrogen and oxygen atoms in total. The van der Waals surface area contributed by atoms with Crippen LogP contribution in [0.25, 0.3) is 17.3 Å². The lowest BCUT2D eigenvalue weighted by atomic mass is 10.0. The highest BCUT2D eigenvalue weighted by Gasteiger charge is 2.10. The first-order valence-corrected chi connectivity index (χ1v) is 12.1. The van der Waals surface area contributed by atoms with Crippen molar-refractivity contribution in [1.82, 2.24) is 9.66 Å². The number of aryl methyl sites for hydroxylation is 1. The van der Waals surface area contributed by atoms with E-state index in [9.17, 15) is 4.39 Å². The topological polar surface area (TPSA) is 56.2 Å². The van der Waals surface area contributed by atoms with Crippen LogP contribution in [0.15, 0.2) is 65.9 Å².